The Morgan fingerprint density at radius 1 is 1.11 bits per heavy atom. The third kappa shape index (κ3) is 4.40. The second-order valence-corrected chi connectivity index (χ2v) is 7.70. The molecule has 2 N–H and O–H groups in total. The lowest BCUT2D eigenvalue weighted by molar-refractivity contribution is -0.132. The fourth-order valence-electron chi connectivity index (χ4n) is 3.59. The molecule has 0 aromatic heterocycles. The average Bonchev–Trinajstić information content (AvgIpc) is 2.69. The van der Waals surface area contributed by atoms with Crippen LogP contribution < -0.4 is 5.73 Å². The first-order valence-electron chi connectivity index (χ1n) is 9.23. The number of halogens is 2. The van der Waals surface area contributed by atoms with E-state index < -0.39 is 11.8 Å². The third-order valence-corrected chi connectivity index (χ3v) is 5.58. The Morgan fingerprint density at radius 2 is 1.79 bits per heavy atom. The second-order valence-electron chi connectivity index (χ2n) is 6.83. The third-order valence-electron chi connectivity index (χ3n) is 5.10. The zero-order valence-electron chi connectivity index (χ0n) is 15.6. The largest absolute Gasteiger partial charge is 0.366 e. The Morgan fingerprint density at radius 3 is 2.36 bits per heavy atom. The number of nitrogens with zero attached hydrogens (tertiary/aromatic N) is 1. The van der Waals surface area contributed by atoms with Crippen LogP contribution >= 0.6 is 23.2 Å². The van der Waals surface area contributed by atoms with Gasteiger partial charge in [0.1, 0.15) is 0 Å². The molecule has 28 heavy (non-hydrogen) atoms. The molecule has 0 aliphatic carbocycles. The van der Waals surface area contributed by atoms with Gasteiger partial charge in [0.25, 0.3) is 0 Å². The number of hydrogen-bond acceptors (Lipinski definition) is 2. The molecule has 146 valence electrons. The van der Waals surface area contributed by atoms with E-state index in [0.29, 0.717) is 40.7 Å². The first kappa shape index (κ1) is 20.4. The Balaban J connectivity index is 1.81. The highest BCUT2D eigenvalue weighted by molar-refractivity contribution is 6.31. The van der Waals surface area contributed by atoms with Crippen molar-refractivity contribution in [2.75, 3.05) is 13.1 Å². The van der Waals surface area contributed by atoms with Gasteiger partial charge in [0.15, 0.2) is 0 Å². The molecule has 0 bridgehead atoms. The molecule has 2 aromatic rings. The molecular formula is C22H22Cl2N2O2. The van der Waals surface area contributed by atoms with Crippen LogP contribution in [0.1, 0.15) is 47.2 Å². The summed E-state index contributed by atoms with van der Waals surface area (Å²) in [6.45, 7) is 3.07. The Labute approximate surface area is 174 Å². The van der Waals surface area contributed by atoms with Gasteiger partial charge in [-0.25, -0.2) is 0 Å². The van der Waals surface area contributed by atoms with Crippen LogP contribution in [0.15, 0.2) is 48.5 Å². The minimum absolute atomic E-state index is 0.0151. The van der Waals surface area contributed by atoms with Gasteiger partial charge in [-0.15, -0.1) is 0 Å². The molecule has 0 saturated carbocycles. The van der Waals surface area contributed by atoms with Gasteiger partial charge in [-0.2, -0.15) is 0 Å². The minimum Gasteiger partial charge on any atom is -0.366 e. The van der Waals surface area contributed by atoms with Crippen molar-refractivity contribution >= 4 is 40.6 Å². The highest BCUT2D eigenvalue weighted by atomic mass is 35.5. The molecular weight excluding hydrogens is 395 g/mol. The molecule has 1 aliphatic rings. The Kier molecular flexibility index (Phi) is 6.42. The molecule has 1 heterocycles. The molecule has 2 amide bonds. The maximum atomic E-state index is 13.2. The summed E-state index contributed by atoms with van der Waals surface area (Å²) in [6, 6.07) is 12.6. The summed E-state index contributed by atoms with van der Waals surface area (Å²) in [5, 5.41) is 1.18. The van der Waals surface area contributed by atoms with Gasteiger partial charge in [-0.05, 0) is 59.9 Å². The van der Waals surface area contributed by atoms with E-state index in [1.165, 1.54) is 5.57 Å². The Hall–Kier alpha value is -2.30. The average molecular weight is 417 g/mol. The maximum Gasteiger partial charge on any atom is 0.249 e. The molecule has 6 heteroatoms. The van der Waals surface area contributed by atoms with Gasteiger partial charge in [0, 0.05) is 28.7 Å². The van der Waals surface area contributed by atoms with Crippen molar-refractivity contribution in [3.63, 3.8) is 0 Å². The van der Waals surface area contributed by atoms with Crippen LogP contribution in [-0.2, 0) is 4.79 Å². The quantitative estimate of drug-likeness (QED) is 0.752. The van der Waals surface area contributed by atoms with Crippen molar-refractivity contribution in [1.29, 1.82) is 0 Å². The highest BCUT2D eigenvalue weighted by Crippen LogP contribution is 2.30. The normalized spacial score (nSPS) is 15.1. The molecule has 3 rings (SSSR count). The zero-order chi connectivity index (χ0) is 20.3. The van der Waals surface area contributed by atoms with Crippen molar-refractivity contribution in [3.05, 3.63) is 75.3 Å². The van der Waals surface area contributed by atoms with Gasteiger partial charge >= 0.3 is 0 Å². The van der Waals surface area contributed by atoms with E-state index in [4.69, 9.17) is 28.9 Å². The number of carbonyl (C=O) groups excluding carboxylic acids is 2. The van der Waals surface area contributed by atoms with Crippen LogP contribution in [0, 0.1) is 0 Å². The van der Waals surface area contributed by atoms with Crippen LogP contribution in [0.5, 0.6) is 0 Å². The first-order valence-corrected chi connectivity index (χ1v) is 9.99. The molecule has 0 fully saturated rings. The molecule has 1 aliphatic heterocycles. The fourth-order valence-corrected chi connectivity index (χ4v) is 3.90. The van der Waals surface area contributed by atoms with E-state index in [-0.39, 0.29) is 5.91 Å². The number of hydrogen-bond donors (Lipinski definition) is 1. The summed E-state index contributed by atoms with van der Waals surface area (Å²) in [4.78, 5) is 26.8. The molecule has 1 unspecified atom stereocenters. The van der Waals surface area contributed by atoms with Crippen LogP contribution in [0.4, 0.5) is 0 Å². The summed E-state index contributed by atoms with van der Waals surface area (Å²) in [5.74, 6) is -1.02. The van der Waals surface area contributed by atoms with E-state index >= 15 is 0 Å². The Bertz CT molecular complexity index is 923. The predicted molar refractivity (Wildman–Crippen MR) is 114 cm³/mol. The number of nitrogens with two attached hydrogens (primary N) is 1. The number of rotatable bonds is 5. The summed E-state index contributed by atoms with van der Waals surface area (Å²) in [6.07, 6.45) is 3.40. The van der Waals surface area contributed by atoms with E-state index in [1.54, 1.807) is 18.2 Å². The SMILES string of the molecule is CCC(C(=O)N1CC=C(c2ccc(Cl)cc2)CC1)c1cc(Cl)ccc1C(N)=O. The summed E-state index contributed by atoms with van der Waals surface area (Å²) < 4.78 is 0. The van der Waals surface area contributed by atoms with E-state index in [2.05, 4.69) is 6.08 Å². The highest BCUT2D eigenvalue weighted by Gasteiger charge is 2.28. The monoisotopic (exact) mass is 416 g/mol. The number of benzene rings is 2. The van der Waals surface area contributed by atoms with Gasteiger partial charge in [-0.3, -0.25) is 9.59 Å². The van der Waals surface area contributed by atoms with Crippen molar-refractivity contribution in [2.45, 2.75) is 25.7 Å². The van der Waals surface area contributed by atoms with E-state index in [9.17, 15) is 9.59 Å². The van der Waals surface area contributed by atoms with Gasteiger partial charge in [0.2, 0.25) is 11.8 Å². The summed E-state index contributed by atoms with van der Waals surface area (Å²) in [7, 11) is 0. The topological polar surface area (TPSA) is 63.4 Å². The first-order chi connectivity index (χ1) is 13.4. The molecule has 2 aromatic carbocycles. The lowest BCUT2D eigenvalue weighted by Gasteiger charge is -2.30. The molecule has 0 saturated heterocycles. The molecule has 0 spiro atoms. The van der Waals surface area contributed by atoms with Crippen LogP contribution in [-0.4, -0.2) is 29.8 Å². The van der Waals surface area contributed by atoms with Crippen molar-refractivity contribution < 1.29 is 9.59 Å². The maximum absolute atomic E-state index is 13.2. The minimum atomic E-state index is -0.554. The predicted octanol–water partition coefficient (Wildman–Crippen LogP) is 4.90. The van der Waals surface area contributed by atoms with E-state index in [0.717, 1.165) is 12.0 Å². The molecule has 4 nitrogen and oxygen atoms in total. The van der Waals surface area contributed by atoms with E-state index in [1.807, 2.05) is 36.1 Å². The molecule has 0 radical (unpaired) electrons. The van der Waals surface area contributed by atoms with Crippen molar-refractivity contribution in [2.24, 2.45) is 5.73 Å². The number of primary amides is 1. The smallest absolute Gasteiger partial charge is 0.249 e. The van der Waals surface area contributed by atoms with Gasteiger partial charge in [0.05, 0.1) is 5.92 Å². The lowest BCUT2D eigenvalue weighted by atomic mass is 9.89. The van der Waals surface area contributed by atoms with Crippen LogP contribution in [0.3, 0.4) is 0 Å². The summed E-state index contributed by atoms with van der Waals surface area (Å²) in [5.41, 5.74) is 8.77. The second kappa shape index (κ2) is 8.80. The summed E-state index contributed by atoms with van der Waals surface area (Å²) >= 11 is 12.1. The van der Waals surface area contributed by atoms with Crippen molar-refractivity contribution in [3.8, 4) is 0 Å². The van der Waals surface area contributed by atoms with Crippen molar-refractivity contribution in [1.82, 2.24) is 4.90 Å². The van der Waals surface area contributed by atoms with Crippen LogP contribution in [0.25, 0.3) is 5.57 Å². The molecule has 1 atom stereocenters. The standard InChI is InChI=1S/C22H22Cl2N2O2/c1-2-18(20-13-17(24)7-8-19(20)21(25)27)22(28)26-11-9-15(10-12-26)14-3-5-16(23)6-4-14/h3-9,13,18H,2,10-12H2,1H3,(H2,25,27). The fraction of sp³-hybridized carbons (Fsp3) is 0.273. The van der Waals surface area contributed by atoms with Crippen LogP contribution in [0.2, 0.25) is 10.0 Å². The number of carbonyl (C=O) groups is 2. The zero-order valence-corrected chi connectivity index (χ0v) is 17.1. The number of amides is 2. The van der Waals surface area contributed by atoms with Gasteiger partial charge in [-0.1, -0.05) is 48.3 Å². The lowest BCUT2D eigenvalue weighted by Crippen LogP contribution is -2.38. The van der Waals surface area contributed by atoms with Gasteiger partial charge < -0.3 is 10.6 Å².